The van der Waals surface area contributed by atoms with Crippen molar-refractivity contribution in [3.63, 3.8) is 0 Å². The molecule has 0 aromatic heterocycles. The molecule has 2 aromatic carbocycles. The maximum Gasteiger partial charge on any atom is 0.220 e. The van der Waals surface area contributed by atoms with Crippen LogP contribution >= 0.6 is 0 Å². The molecule has 0 spiro atoms. The summed E-state index contributed by atoms with van der Waals surface area (Å²) in [5.41, 5.74) is 14.0. The van der Waals surface area contributed by atoms with Crippen LogP contribution in [-0.2, 0) is 17.6 Å². The summed E-state index contributed by atoms with van der Waals surface area (Å²) in [4.78, 5) is 11.8. The molecule has 0 aliphatic heterocycles. The molecule has 25 heavy (non-hydrogen) atoms. The Morgan fingerprint density at radius 3 is 2.40 bits per heavy atom. The topological polar surface area (TPSA) is 110 Å². The lowest BCUT2D eigenvalue weighted by atomic mass is 9.88. The van der Waals surface area contributed by atoms with Crippen LogP contribution in [0.5, 0.6) is 5.75 Å². The molecule has 0 saturated carbocycles. The Kier molecular flexibility index (Phi) is 6.56. The molecule has 0 aliphatic carbocycles. The van der Waals surface area contributed by atoms with E-state index in [1.165, 1.54) is 0 Å². The van der Waals surface area contributed by atoms with Crippen molar-refractivity contribution in [2.45, 2.75) is 38.3 Å². The molecular weight excluding hydrogens is 316 g/mol. The Morgan fingerprint density at radius 1 is 1.08 bits per heavy atom. The number of para-hydroxylation sites is 1. The smallest absolute Gasteiger partial charge is 0.220 e. The normalized spacial score (nSPS) is 14.7. The predicted molar refractivity (Wildman–Crippen MR) is 98.0 cm³/mol. The van der Waals surface area contributed by atoms with Crippen LogP contribution in [-0.4, -0.2) is 28.3 Å². The monoisotopic (exact) mass is 342 g/mol. The number of amides is 1. The maximum absolute atomic E-state index is 11.8. The van der Waals surface area contributed by atoms with E-state index in [9.17, 15) is 15.0 Å². The van der Waals surface area contributed by atoms with Gasteiger partial charge in [-0.25, -0.2) is 0 Å². The van der Waals surface area contributed by atoms with Crippen molar-refractivity contribution >= 4 is 5.91 Å². The molecule has 1 amide bonds. The third-order valence-corrected chi connectivity index (χ3v) is 4.52. The SMILES string of the molecule is Cc1cccc(CC(CC(O)C(N)Cc2ccccc2)C(N)=O)c1O. The van der Waals surface area contributed by atoms with Crippen molar-refractivity contribution in [1.29, 1.82) is 0 Å². The van der Waals surface area contributed by atoms with Crippen LogP contribution in [0.15, 0.2) is 48.5 Å². The second-order valence-electron chi connectivity index (χ2n) is 6.54. The average molecular weight is 342 g/mol. The summed E-state index contributed by atoms with van der Waals surface area (Å²) in [7, 11) is 0. The van der Waals surface area contributed by atoms with Gasteiger partial charge in [0.05, 0.1) is 6.10 Å². The van der Waals surface area contributed by atoms with Crippen molar-refractivity contribution in [3.05, 3.63) is 65.2 Å². The summed E-state index contributed by atoms with van der Waals surface area (Å²) < 4.78 is 0. The number of hydrogen-bond acceptors (Lipinski definition) is 4. The van der Waals surface area contributed by atoms with E-state index in [0.29, 0.717) is 12.0 Å². The predicted octanol–water partition coefficient (Wildman–Crippen LogP) is 1.67. The van der Waals surface area contributed by atoms with E-state index >= 15 is 0 Å². The Morgan fingerprint density at radius 2 is 1.76 bits per heavy atom. The van der Waals surface area contributed by atoms with Gasteiger partial charge in [-0.15, -0.1) is 0 Å². The van der Waals surface area contributed by atoms with Gasteiger partial charge in [-0.3, -0.25) is 4.79 Å². The van der Waals surface area contributed by atoms with Gasteiger partial charge in [-0.1, -0.05) is 48.5 Å². The molecule has 3 atom stereocenters. The fourth-order valence-corrected chi connectivity index (χ4v) is 2.94. The van der Waals surface area contributed by atoms with Crippen molar-refractivity contribution < 1.29 is 15.0 Å². The average Bonchev–Trinajstić information content (AvgIpc) is 2.58. The Hall–Kier alpha value is -2.37. The summed E-state index contributed by atoms with van der Waals surface area (Å²) in [5, 5.41) is 20.5. The number of phenolic OH excluding ortho intramolecular Hbond substituents is 1. The lowest BCUT2D eigenvalue weighted by molar-refractivity contribution is -0.122. The number of phenols is 1. The van der Waals surface area contributed by atoms with Crippen LogP contribution in [0.25, 0.3) is 0 Å². The van der Waals surface area contributed by atoms with Crippen molar-refractivity contribution in [2.75, 3.05) is 0 Å². The van der Waals surface area contributed by atoms with E-state index < -0.39 is 24.0 Å². The molecule has 0 fully saturated rings. The van der Waals surface area contributed by atoms with Gasteiger partial charge in [0.2, 0.25) is 5.91 Å². The molecule has 3 unspecified atom stereocenters. The molecule has 2 rings (SSSR count). The van der Waals surface area contributed by atoms with E-state index in [4.69, 9.17) is 11.5 Å². The molecule has 2 aromatic rings. The number of carbonyl (C=O) groups excluding carboxylic acids is 1. The van der Waals surface area contributed by atoms with E-state index in [-0.39, 0.29) is 18.6 Å². The van der Waals surface area contributed by atoms with Gasteiger partial charge in [0, 0.05) is 12.0 Å². The molecular formula is C20H26N2O3. The highest BCUT2D eigenvalue weighted by Crippen LogP contribution is 2.26. The van der Waals surface area contributed by atoms with Crippen LogP contribution < -0.4 is 11.5 Å². The lowest BCUT2D eigenvalue weighted by Gasteiger charge is -2.23. The Bertz CT molecular complexity index is 703. The number of carbonyl (C=O) groups is 1. The summed E-state index contributed by atoms with van der Waals surface area (Å²) in [6, 6.07) is 14.5. The van der Waals surface area contributed by atoms with E-state index in [2.05, 4.69) is 0 Å². The summed E-state index contributed by atoms with van der Waals surface area (Å²) >= 11 is 0. The summed E-state index contributed by atoms with van der Waals surface area (Å²) in [5.74, 6) is -0.937. The van der Waals surface area contributed by atoms with Gasteiger partial charge < -0.3 is 21.7 Å². The van der Waals surface area contributed by atoms with Gasteiger partial charge in [-0.2, -0.15) is 0 Å². The van der Waals surface area contributed by atoms with E-state index in [1.807, 2.05) is 36.4 Å². The molecule has 5 heteroatoms. The van der Waals surface area contributed by atoms with Crippen LogP contribution in [0.2, 0.25) is 0 Å². The molecule has 0 aliphatic rings. The first-order valence-corrected chi connectivity index (χ1v) is 8.42. The number of nitrogens with two attached hydrogens (primary N) is 2. The first-order valence-electron chi connectivity index (χ1n) is 8.42. The molecule has 0 heterocycles. The van der Waals surface area contributed by atoms with Gasteiger partial charge >= 0.3 is 0 Å². The second-order valence-corrected chi connectivity index (χ2v) is 6.54. The van der Waals surface area contributed by atoms with E-state index in [1.54, 1.807) is 19.1 Å². The quantitative estimate of drug-likeness (QED) is 0.585. The number of aliphatic hydroxyl groups is 1. The van der Waals surface area contributed by atoms with Gasteiger partial charge in [0.15, 0.2) is 0 Å². The zero-order valence-corrected chi connectivity index (χ0v) is 14.4. The minimum absolute atomic E-state index is 0.163. The number of benzene rings is 2. The van der Waals surface area contributed by atoms with Gasteiger partial charge in [0.25, 0.3) is 0 Å². The van der Waals surface area contributed by atoms with Crippen LogP contribution in [0, 0.1) is 12.8 Å². The van der Waals surface area contributed by atoms with Crippen LogP contribution in [0.1, 0.15) is 23.1 Å². The third kappa shape index (κ3) is 5.31. The summed E-state index contributed by atoms with van der Waals surface area (Å²) in [6.45, 7) is 1.79. The fraction of sp³-hybridized carbons (Fsp3) is 0.350. The first-order chi connectivity index (χ1) is 11.9. The highest BCUT2D eigenvalue weighted by Gasteiger charge is 2.25. The number of hydrogen-bond donors (Lipinski definition) is 4. The second kappa shape index (κ2) is 8.65. The number of aromatic hydroxyl groups is 1. The Balaban J connectivity index is 2.02. The Labute approximate surface area is 148 Å². The molecule has 0 radical (unpaired) electrons. The highest BCUT2D eigenvalue weighted by molar-refractivity contribution is 5.77. The minimum atomic E-state index is -0.857. The first kappa shape index (κ1) is 19.0. The van der Waals surface area contributed by atoms with Crippen molar-refractivity contribution in [3.8, 4) is 5.75 Å². The molecule has 6 N–H and O–H groups in total. The van der Waals surface area contributed by atoms with Gasteiger partial charge in [-0.05, 0) is 42.9 Å². The van der Waals surface area contributed by atoms with Gasteiger partial charge in [0.1, 0.15) is 5.75 Å². The standard InChI is InChI=1S/C20H26N2O3/c1-13-6-5-9-15(19(13)24)11-16(20(22)25)12-18(23)17(21)10-14-7-3-2-4-8-14/h2-9,16-18,23-24H,10-12,21H2,1H3,(H2,22,25). The zero-order chi connectivity index (χ0) is 18.4. The fourth-order valence-electron chi connectivity index (χ4n) is 2.94. The molecule has 5 nitrogen and oxygen atoms in total. The zero-order valence-electron chi connectivity index (χ0n) is 14.4. The number of aryl methyl sites for hydroxylation is 1. The minimum Gasteiger partial charge on any atom is -0.507 e. The largest absolute Gasteiger partial charge is 0.507 e. The summed E-state index contributed by atoms with van der Waals surface area (Å²) in [6.07, 6.45) is 0.0994. The molecule has 0 bridgehead atoms. The third-order valence-electron chi connectivity index (χ3n) is 4.52. The highest BCUT2D eigenvalue weighted by atomic mass is 16.3. The maximum atomic E-state index is 11.8. The number of aliphatic hydroxyl groups excluding tert-OH is 1. The van der Waals surface area contributed by atoms with Crippen molar-refractivity contribution in [2.24, 2.45) is 17.4 Å². The van der Waals surface area contributed by atoms with Crippen LogP contribution in [0.3, 0.4) is 0 Å². The molecule has 0 saturated heterocycles. The van der Waals surface area contributed by atoms with Crippen LogP contribution in [0.4, 0.5) is 0 Å². The lowest BCUT2D eigenvalue weighted by Crippen LogP contribution is -2.40. The molecule has 134 valence electrons. The number of primary amides is 1. The van der Waals surface area contributed by atoms with Crippen molar-refractivity contribution in [1.82, 2.24) is 0 Å². The van der Waals surface area contributed by atoms with E-state index in [0.717, 1.165) is 11.1 Å². The number of rotatable bonds is 8.